The van der Waals surface area contributed by atoms with Crippen LogP contribution >= 0.6 is 0 Å². The molecule has 0 fully saturated rings. The van der Waals surface area contributed by atoms with Gasteiger partial charge in [0.2, 0.25) is 0 Å². The summed E-state index contributed by atoms with van der Waals surface area (Å²) in [7, 11) is 1.49. The van der Waals surface area contributed by atoms with Gasteiger partial charge in [-0.15, -0.1) is 0 Å². The van der Waals surface area contributed by atoms with Crippen molar-refractivity contribution < 1.29 is 19.7 Å². The molecule has 15 heavy (non-hydrogen) atoms. The van der Waals surface area contributed by atoms with Crippen molar-refractivity contribution in [1.82, 2.24) is 0 Å². The molecule has 0 aliphatic heterocycles. The predicted octanol–water partition coefficient (Wildman–Crippen LogP) is 1.66. The summed E-state index contributed by atoms with van der Waals surface area (Å²) in [4.78, 5) is 10.7. The molecule has 82 valence electrons. The van der Waals surface area contributed by atoms with Crippen LogP contribution in [0.25, 0.3) is 0 Å². The fourth-order valence-electron chi connectivity index (χ4n) is 1.34. The third-order valence-corrected chi connectivity index (χ3v) is 2.26. The van der Waals surface area contributed by atoms with Crippen LogP contribution < -0.4 is 4.74 Å². The lowest BCUT2D eigenvalue weighted by atomic mass is 10.00. The van der Waals surface area contributed by atoms with Gasteiger partial charge in [-0.3, -0.25) is 4.79 Å². The number of ether oxygens (including phenoxy) is 1. The number of benzene rings is 1. The van der Waals surface area contributed by atoms with E-state index in [1.165, 1.54) is 13.2 Å². The van der Waals surface area contributed by atoms with Crippen LogP contribution in [0.1, 0.15) is 12.5 Å². The topological polar surface area (TPSA) is 66.8 Å². The van der Waals surface area contributed by atoms with Crippen molar-refractivity contribution >= 4 is 5.97 Å². The Labute approximate surface area is 88.1 Å². The van der Waals surface area contributed by atoms with Crippen LogP contribution in [-0.2, 0) is 11.2 Å². The average Bonchev–Trinajstić information content (AvgIpc) is 2.20. The molecule has 0 heterocycles. The zero-order valence-corrected chi connectivity index (χ0v) is 8.73. The van der Waals surface area contributed by atoms with E-state index in [1.807, 2.05) is 0 Å². The number of phenols is 1. The second-order valence-corrected chi connectivity index (χ2v) is 3.40. The fourth-order valence-corrected chi connectivity index (χ4v) is 1.34. The molecule has 1 rings (SSSR count). The van der Waals surface area contributed by atoms with E-state index >= 15 is 0 Å². The molecule has 2 N–H and O–H groups in total. The molecule has 0 radical (unpaired) electrons. The highest BCUT2D eigenvalue weighted by Crippen LogP contribution is 2.29. The molecular weight excluding hydrogens is 196 g/mol. The number of rotatable bonds is 4. The highest BCUT2D eigenvalue weighted by atomic mass is 16.5. The first-order valence-corrected chi connectivity index (χ1v) is 4.64. The van der Waals surface area contributed by atoms with Crippen LogP contribution in [0.2, 0.25) is 0 Å². The summed E-state index contributed by atoms with van der Waals surface area (Å²) in [6.07, 6.45) is 0.255. The second kappa shape index (κ2) is 4.68. The van der Waals surface area contributed by atoms with E-state index in [0.29, 0.717) is 11.3 Å². The lowest BCUT2D eigenvalue weighted by Crippen LogP contribution is -2.12. The minimum Gasteiger partial charge on any atom is -0.508 e. The summed E-state index contributed by atoms with van der Waals surface area (Å²) in [6.45, 7) is 1.59. The molecule has 0 spiro atoms. The maximum Gasteiger partial charge on any atom is 0.306 e. The minimum atomic E-state index is -0.889. The van der Waals surface area contributed by atoms with Gasteiger partial charge in [-0.2, -0.15) is 0 Å². The van der Waals surface area contributed by atoms with E-state index < -0.39 is 11.9 Å². The van der Waals surface area contributed by atoms with Gasteiger partial charge in [-0.1, -0.05) is 13.0 Å². The van der Waals surface area contributed by atoms with Gasteiger partial charge in [-0.05, 0) is 18.6 Å². The van der Waals surface area contributed by atoms with E-state index in [-0.39, 0.29) is 12.2 Å². The van der Waals surface area contributed by atoms with E-state index in [2.05, 4.69) is 0 Å². The van der Waals surface area contributed by atoms with Gasteiger partial charge in [0.05, 0.1) is 13.0 Å². The molecule has 1 unspecified atom stereocenters. The summed E-state index contributed by atoms with van der Waals surface area (Å²) in [6, 6.07) is 4.87. The van der Waals surface area contributed by atoms with Crippen LogP contribution in [0.3, 0.4) is 0 Å². The molecule has 0 aliphatic carbocycles. The maximum atomic E-state index is 10.7. The molecule has 0 amide bonds. The normalized spacial score (nSPS) is 12.1. The standard InChI is InChI=1S/C11H14O4/c1-7(11(13)14)6-8-9(12)4-3-5-10(8)15-2/h3-5,7,12H,6H2,1-2H3,(H,13,14). The van der Waals surface area contributed by atoms with Crippen LogP contribution in [-0.4, -0.2) is 23.3 Å². The molecule has 0 saturated heterocycles. The third-order valence-electron chi connectivity index (χ3n) is 2.26. The Bertz CT molecular complexity index is 360. The first kappa shape index (κ1) is 11.4. The number of aromatic hydroxyl groups is 1. The SMILES string of the molecule is COc1cccc(O)c1CC(C)C(=O)O. The summed E-state index contributed by atoms with van der Waals surface area (Å²) in [5.41, 5.74) is 0.537. The Morgan fingerprint density at radius 3 is 2.73 bits per heavy atom. The minimum absolute atomic E-state index is 0.0717. The van der Waals surface area contributed by atoms with Crippen molar-refractivity contribution in [2.45, 2.75) is 13.3 Å². The Morgan fingerprint density at radius 1 is 1.53 bits per heavy atom. The summed E-state index contributed by atoms with van der Waals surface area (Å²) in [5.74, 6) is -0.849. The highest BCUT2D eigenvalue weighted by molar-refractivity contribution is 5.70. The van der Waals surface area contributed by atoms with Crippen molar-refractivity contribution in [2.75, 3.05) is 7.11 Å². The first-order valence-electron chi connectivity index (χ1n) is 4.64. The van der Waals surface area contributed by atoms with Crippen LogP contribution in [0.4, 0.5) is 0 Å². The van der Waals surface area contributed by atoms with Gasteiger partial charge in [0, 0.05) is 5.56 Å². The number of carboxylic acid groups (broad SMARTS) is 1. The number of aliphatic carboxylic acids is 1. The first-order chi connectivity index (χ1) is 7.06. The van der Waals surface area contributed by atoms with Gasteiger partial charge < -0.3 is 14.9 Å². The summed E-state index contributed by atoms with van der Waals surface area (Å²) < 4.78 is 5.05. The number of methoxy groups -OCH3 is 1. The van der Waals surface area contributed by atoms with Crippen molar-refractivity contribution in [3.63, 3.8) is 0 Å². The highest BCUT2D eigenvalue weighted by Gasteiger charge is 2.17. The lowest BCUT2D eigenvalue weighted by molar-refractivity contribution is -0.141. The largest absolute Gasteiger partial charge is 0.508 e. The van der Waals surface area contributed by atoms with Crippen molar-refractivity contribution in [2.24, 2.45) is 5.92 Å². The van der Waals surface area contributed by atoms with Gasteiger partial charge in [0.25, 0.3) is 0 Å². The van der Waals surface area contributed by atoms with Crippen molar-refractivity contribution in [3.05, 3.63) is 23.8 Å². The van der Waals surface area contributed by atoms with E-state index in [1.54, 1.807) is 19.1 Å². The quantitative estimate of drug-likeness (QED) is 0.793. The summed E-state index contributed by atoms with van der Waals surface area (Å²) in [5, 5.41) is 18.4. The molecule has 1 aromatic rings. The molecule has 1 aromatic carbocycles. The van der Waals surface area contributed by atoms with Gasteiger partial charge in [0.15, 0.2) is 0 Å². The zero-order valence-electron chi connectivity index (χ0n) is 8.73. The van der Waals surface area contributed by atoms with E-state index in [9.17, 15) is 9.90 Å². The van der Waals surface area contributed by atoms with Crippen LogP contribution in [0.15, 0.2) is 18.2 Å². The smallest absolute Gasteiger partial charge is 0.306 e. The Balaban J connectivity index is 2.97. The Hall–Kier alpha value is -1.71. The molecule has 1 atom stereocenters. The van der Waals surface area contributed by atoms with Gasteiger partial charge >= 0.3 is 5.97 Å². The second-order valence-electron chi connectivity index (χ2n) is 3.40. The number of carbonyl (C=O) groups is 1. The molecular formula is C11H14O4. The average molecular weight is 210 g/mol. The van der Waals surface area contributed by atoms with Crippen molar-refractivity contribution in [1.29, 1.82) is 0 Å². The Morgan fingerprint density at radius 2 is 2.20 bits per heavy atom. The van der Waals surface area contributed by atoms with E-state index in [0.717, 1.165) is 0 Å². The number of phenolic OH excluding ortho intramolecular Hbond substituents is 1. The maximum absolute atomic E-state index is 10.7. The monoisotopic (exact) mass is 210 g/mol. The zero-order chi connectivity index (χ0) is 11.4. The van der Waals surface area contributed by atoms with E-state index in [4.69, 9.17) is 9.84 Å². The van der Waals surface area contributed by atoms with Gasteiger partial charge in [0.1, 0.15) is 11.5 Å². The number of carboxylic acids is 1. The predicted molar refractivity (Wildman–Crippen MR) is 55.2 cm³/mol. The fraction of sp³-hybridized carbons (Fsp3) is 0.364. The molecule has 0 aliphatic rings. The van der Waals surface area contributed by atoms with Gasteiger partial charge in [-0.25, -0.2) is 0 Å². The lowest BCUT2D eigenvalue weighted by Gasteiger charge is -2.12. The number of hydrogen-bond acceptors (Lipinski definition) is 3. The van der Waals surface area contributed by atoms with Crippen LogP contribution in [0.5, 0.6) is 11.5 Å². The molecule has 4 heteroatoms. The van der Waals surface area contributed by atoms with Crippen molar-refractivity contribution in [3.8, 4) is 11.5 Å². The van der Waals surface area contributed by atoms with Crippen LogP contribution in [0, 0.1) is 5.92 Å². The Kier molecular flexibility index (Phi) is 3.55. The molecule has 0 bridgehead atoms. The number of hydrogen-bond donors (Lipinski definition) is 2. The molecule has 0 saturated carbocycles. The molecule has 4 nitrogen and oxygen atoms in total. The third kappa shape index (κ3) is 2.62. The summed E-state index contributed by atoms with van der Waals surface area (Å²) >= 11 is 0. The molecule has 0 aromatic heterocycles.